The summed E-state index contributed by atoms with van der Waals surface area (Å²) < 4.78 is 0. The maximum Gasteiger partial charge on any atom is 0.325 e. The van der Waals surface area contributed by atoms with Crippen LogP contribution in [0.25, 0.3) is 0 Å². The number of hydrogen-bond donors (Lipinski definition) is 2. The molecule has 4 amide bonds. The quantitative estimate of drug-likeness (QED) is 0.758. The van der Waals surface area contributed by atoms with E-state index in [0.29, 0.717) is 18.5 Å². The maximum atomic E-state index is 12.7. The number of anilines is 2. The molecule has 3 fully saturated rings. The lowest BCUT2D eigenvalue weighted by molar-refractivity contribution is -0.132. The molecule has 0 atom stereocenters. The second-order valence-corrected chi connectivity index (χ2v) is 7.93. The highest BCUT2D eigenvalue weighted by Crippen LogP contribution is 2.33. The first-order valence-corrected chi connectivity index (χ1v) is 10.2. The first kappa shape index (κ1) is 18.7. The maximum absolute atomic E-state index is 12.7. The zero-order chi connectivity index (χ0) is 19.6. The third-order valence-corrected chi connectivity index (χ3v) is 5.98. The molecule has 0 aromatic carbocycles. The summed E-state index contributed by atoms with van der Waals surface area (Å²) in [7, 11) is 0. The van der Waals surface area contributed by atoms with Crippen LogP contribution in [0.5, 0.6) is 0 Å². The van der Waals surface area contributed by atoms with Crippen molar-refractivity contribution in [3.05, 3.63) is 18.3 Å². The minimum Gasteiger partial charge on any atom is -0.357 e. The Morgan fingerprint density at radius 2 is 1.86 bits per heavy atom. The topological polar surface area (TPSA) is 94.6 Å². The fourth-order valence-corrected chi connectivity index (χ4v) is 4.40. The average molecular weight is 385 g/mol. The largest absolute Gasteiger partial charge is 0.357 e. The summed E-state index contributed by atoms with van der Waals surface area (Å²) in [5.41, 5.74) is -0.116. The second kappa shape index (κ2) is 7.77. The molecule has 3 aliphatic rings. The van der Waals surface area contributed by atoms with Crippen molar-refractivity contribution in [2.45, 2.75) is 56.9 Å². The second-order valence-electron chi connectivity index (χ2n) is 7.93. The molecule has 8 nitrogen and oxygen atoms in total. The van der Waals surface area contributed by atoms with Gasteiger partial charge in [-0.05, 0) is 37.8 Å². The minimum atomic E-state index is -0.735. The lowest BCUT2D eigenvalue weighted by atomic mass is 9.82. The fourth-order valence-electron chi connectivity index (χ4n) is 4.40. The molecule has 150 valence electrons. The van der Waals surface area contributed by atoms with Crippen LogP contribution in [0, 0.1) is 0 Å². The molecule has 2 aliphatic heterocycles. The summed E-state index contributed by atoms with van der Waals surface area (Å²) in [5, 5.41) is 5.66. The Hall–Kier alpha value is -2.64. The van der Waals surface area contributed by atoms with E-state index in [9.17, 15) is 14.4 Å². The zero-order valence-corrected chi connectivity index (χ0v) is 16.1. The van der Waals surface area contributed by atoms with Crippen molar-refractivity contribution in [2.75, 3.05) is 29.9 Å². The molecule has 4 rings (SSSR count). The number of imide groups is 1. The number of aromatic nitrogens is 1. The van der Waals surface area contributed by atoms with Gasteiger partial charge in [0.2, 0.25) is 5.91 Å². The van der Waals surface area contributed by atoms with Crippen LogP contribution in [-0.4, -0.2) is 52.9 Å². The molecular formula is C20H27N5O3. The molecule has 8 heteroatoms. The van der Waals surface area contributed by atoms with Crippen LogP contribution < -0.4 is 15.5 Å². The van der Waals surface area contributed by atoms with E-state index in [0.717, 1.165) is 38.2 Å². The third kappa shape index (κ3) is 3.68. The van der Waals surface area contributed by atoms with Crippen LogP contribution in [0.1, 0.15) is 51.4 Å². The summed E-state index contributed by atoms with van der Waals surface area (Å²) in [5.74, 6) is 0.509. The number of pyridine rings is 1. The molecule has 28 heavy (non-hydrogen) atoms. The van der Waals surface area contributed by atoms with Gasteiger partial charge in [0, 0.05) is 26.1 Å². The number of hydrogen-bond acceptors (Lipinski definition) is 5. The Balaban J connectivity index is 1.29. The van der Waals surface area contributed by atoms with E-state index in [1.54, 1.807) is 6.20 Å². The van der Waals surface area contributed by atoms with E-state index >= 15 is 0 Å². The molecule has 0 bridgehead atoms. The van der Waals surface area contributed by atoms with Crippen molar-refractivity contribution in [3.8, 4) is 0 Å². The van der Waals surface area contributed by atoms with Gasteiger partial charge in [0.1, 0.15) is 11.4 Å². The van der Waals surface area contributed by atoms with Gasteiger partial charge in [-0.25, -0.2) is 9.78 Å². The van der Waals surface area contributed by atoms with Gasteiger partial charge in [-0.3, -0.25) is 14.5 Å². The number of nitrogens with one attached hydrogen (secondary N) is 2. The van der Waals surface area contributed by atoms with Gasteiger partial charge in [0.05, 0.1) is 11.9 Å². The summed E-state index contributed by atoms with van der Waals surface area (Å²) in [6.07, 6.45) is 8.46. The van der Waals surface area contributed by atoms with Crippen molar-refractivity contribution in [2.24, 2.45) is 0 Å². The third-order valence-electron chi connectivity index (χ3n) is 5.98. The zero-order valence-electron chi connectivity index (χ0n) is 16.1. The van der Waals surface area contributed by atoms with Crippen LogP contribution in [0.3, 0.4) is 0 Å². The number of amides is 4. The summed E-state index contributed by atoms with van der Waals surface area (Å²) in [6, 6.07) is 3.37. The van der Waals surface area contributed by atoms with Crippen LogP contribution in [0.2, 0.25) is 0 Å². The Labute approximate surface area is 164 Å². The Morgan fingerprint density at radius 3 is 2.54 bits per heavy atom. The number of rotatable bonds is 5. The highest BCUT2D eigenvalue weighted by Gasteiger charge is 2.51. The van der Waals surface area contributed by atoms with E-state index in [2.05, 4.69) is 20.5 Å². The lowest BCUT2D eigenvalue weighted by Gasteiger charge is -2.30. The Kier molecular flexibility index (Phi) is 5.19. The van der Waals surface area contributed by atoms with Gasteiger partial charge < -0.3 is 15.5 Å². The monoisotopic (exact) mass is 385 g/mol. The lowest BCUT2D eigenvalue weighted by Crippen LogP contribution is -2.48. The summed E-state index contributed by atoms with van der Waals surface area (Å²) in [6.45, 7) is 2.13. The van der Waals surface area contributed by atoms with Crippen molar-refractivity contribution in [1.82, 2.24) is 15.2 Å². The molecule has 0 unspecified atom stereocenters. The van der Waals surface area contributed by atoms with Crippen LogP contribution >= 0.6 is 0 Å². The van der Waals surface area contributed by atoms with E-state index in [1.807, 2.05) is 12.1 Å². The van der Waals surface area contributed by atoms with Crippen LogP contribution in [0.4, 0.5) is 16.3 Å². The molecule has 1 aromatic rings. The smallest absolute Gasteiger partial charge is 0.325 e. The van der Waals surface area contributed by atoms with Crippen molar-refractivity contribution >= 4 is 29.4 Å². The predicted octanol–water partition coefficient (Wildman–Crippen LogP) is 2.27. The number of urea groups is 1. The van der Waals surface area contributed by atoms with Gasteiger partial charge in [-0.1, -0.05) is 19.3 Å². The van der Waals surface area contributed by atoms with Crippen LogP contribution in [0.15, 0.2) is 18.3 Å². The molecule has 0 radical (unpaired) electrons. The van der Waals surface area contributed by atoms with E-state index < -0.39 is 5.54 Å². The molecule has 2 saturated heterocycles. The Bertz CT molecular complexity index is 752. The predicted molar refractivity (Wildman–Crippen MR) is 105 cm³/mol. The molecule has 1 aromatic heterocycles. The van der Waals surface area contributed by atoms with Crippen molar-refractivity contribution in [3.63, 3.8) is 0 Å². The minimum absolute atomic E-state index is 0.0725. The molecule has 1 saturated carbocycles. The highest BCUT2D eigenvalue weighted by atomic mass is 16.2. The Morgan fingerprint density at radius 1 is 1.11 bits per heavy atom. The number of carbonyl (C=O) groups is 3. The van der Waals surface area contributed by atoms with E-state index in [4.69, 9.17) is 0 Å². The first-order valence-electron chi connectivity index (χ1n) is 10.2. The molecule has 2 N–H and O–H groups in total. The SMILES string of the molecule is O=C(CCN1C(=O)NC2(CCCCC2)C1=O)Nc1ccc(N2CCCC2)nc1. The van der Waals surface area contributed by atoms with Gasteiger partial charge in [-0.2, -0.15) is 0 Å². The van der Waals surface area contributed by atoms with E-state index in [-0.39, 0.29) is 30.8 Å². The van der Waals surface area contributed by atoms with Gasteiger partial charge in [0.25, 0.3) is 5.91 Å². The van der Waals surface area contributed by atoms with Crippen LogP contribution in [-0.2, 0) is 9.59 Å². The molecule has 1 aliphatic carbocycles. The molecular weight excluding hydrogens is 358 g/mol. The normalized spacial score (nSPS) is 21.3. The number of nitrogens with zero attached hydrogens (tertiary/aromatic N) is 3. The van der Waals surface area contributed by atoms with E-state index in [1.165, 1.54) is 17.7 Å². The molecule has 1 spiro atoms. The summed E-state index contributed by atoms with van der Waals surface area (Å²) in [4.78, 5) is 45.1. The summed E-state index contributed by atoms with van der Waals surface area (Å²) >= 11 is 0. The highest BCUT2D eigenvalue weighted by molar-refractivity contribution is 6.07. The standard InChI is InChI=1S/C20H27N5O3/c26-17(22-15-6-7-16(21-14-15)24-11-4-5-12-24)8-13-25-18(27)20(23-19(25)28)9-2-1-3-10-20/h6-7,14H,1-5,8-13H2,(H,22,26)(H,23,28). The van der Waals surface area contributed by atoms with Gasteiger partial charge in [0.15, 0.2) is 0 Å². The van der Waals surface area contributed by atoms with Crippen molar-refractivity contribution in [1.29, 1.82) is 0 Å². The van der Waals surface area contributed by atoms with Crippen molar-refractivity contribution < 1.29 is 14.4 Å². The average Bonchev–Trinajstić information content (AvgIpc) is 3.30. The first-order chi connectivity index (χ1) is 13.6. The number of carbonyl (C=O) groups excluding carboxylic acids is 3. The van der Waals surface area contributed by atoms with Gasteiger partial charge >= 0.3 is 6.03 Å². The fraction of sp³-hybridized carbons (Fsp3) is 0.600. The van der Waals surface area contributed by atoms with Gasteiger partial charge in [-0.15, -0.1) is 0 Å². The molecule has 3 heterocycles.